The van der Waals surface area contributed by atoms with E-state index >= 15 is 0 Å². The van der Waals surface area contributed by atoms with Gasteiger partial charge >= 0.3 is 0 Å². The number of para-hydroxylation sites is 1. The number of hydrogen-bond donors (Lipinski definition) is 1. The quantitative estimate of drug-likeness (QED) is 0.890. The molecule has 2 rings (SSSR count). The number of alkyl halides is 2. The summed E-state index contributed by atoms with van der Waals surface area (Å²) in [5.41, 5.74) is 7.51. The molecule has 0 saturated heterocycles. The molecule has 0 bridgehead atoms. The topological polar surface area (TPSA) is 38.9 Å². The molecular weight excluding hydrogens is 222 g/mol. The fraction of sp³-hybridized carbons (Fsp3) is 0.308. The second kappa shape index (κ2) is 4.75. The molecule has 1 aromatic carbocycles. The summed E-state index contributed by atoms with van der Waals surface area (Å²) in [4.78, 5) is 4.33. The Morgan fingerprint density at radius 1 is 1.29 bits per heavy atom. The Bertz CT molecular complexity index is 526. The monoisotopic (exact) mass is 236 g/mol. The molecule has 0 saturated carbocycles. The van der Waals surface area contributed by atoms with E-state index in [1.165, 1.54) is 0 Å². The van der Waals surface area contributed by atoms with Crippen molar-refractivity contribution in [3.05, 3.63) is 41.6 Å². The SMILES string of the molecule is Cc1cc(C(CN)C(F)F)c2ccccc2n1. The third-order valence-corrected chi connectivity index (χ3v) is 2.83. The Hall–Kier alpha value is -1.55. The molecule has 1 atom stereocenters. The van der Waals surface area contributed by atoms with Crippen LogP contribution in [0.4, 0.5) is 8.78 Å². The number of aryl methyl sites for hydroxylation is 1. The second-order valence-corrected chi connectivity index (χ2v) is 4.05. The lowest BCUT2D eigenvalue weighted by atomic mass is 9.95. The summed E-state index contributed by atoms with van der Waals surface area (Å²) in [7, 11) is 0. The largest absolute Gasteiger partial charge is 0.330 e. The van der Waals surface area contributed by atoms with Gasteiger partial charge in [-0.15, -0.1) is 0 Å². The molecule has 4 heteroatoms. The lowest BCUT2D eigenvalue weighted by molar-refractivity contribution is 0.117. The smallest absolute Gasteiger partial charge is 0.246 e. The Balaban J connectivity index is 2.66. The van der Waals surface area contributed by atoms with Crippen LogP contribution in [0.3, 0.4) is 0 Å². The van der Waals surface area contributed by atoms with E-state index in [2.05, 4.69) is 4.98 Å². The van der Waals surface area contributed by atoms with Gasteiger partial charge in [-0.2, -0.15) is 0 Å². The fourth-order valence-electron chi connectivity index (χ4n) is 2.01. The number of fused-ring (bicyclic) bond motifs is 1. The summed E-state index contributed by atoms with van der Waals surface area (Å²) in [5, 5.41) is 0.758. The van der Waals surface area contributed by atoms with Gasteiger partial charge in [0.1, 0.15) is 0 Å². The molecule has 2 N–H and O–H groups in total. The van der Waals surface area contributed by atoms with Crippen molar-refractivity contribution in [1.29, 1.82) is 0 Å². The van der Waals surface area contributed by atoms with Gasteiger partial charge in [0, 0.05) is 17.6 Å². The van der Waals surface area contributed by atoms with Crippen LogP contribution in [0.1, 0.15) is 17.2 Å². The van der Waals surface area contributed by atoms with Crippen molar-refractivity contribution in [2.24, 2.45) is 5.73 Å². The molecule has 0 aliphatic carbocycles. The molecule has 2 aromatic rings. The lowest BCUT2D eigenvalue weighted by Crippen LogP contribution is -2.20. The zero-order valence-corrected chi connectivity index (χ0v) is 9.53. The van der Waals surface area contributed by atoms with Crippen LogP contribution in [0.5, 0.6) is 0 Å². The molecule has 0 amide bonds. The maximum absolute atomic E-state index is 12.9. The van der Waals surface area contributed by atoms with Crippen molar-refractivity contribution in [3.63, 3.8) is 0 Å². The van der Waals surface area contributed by atoms with E-state index in [0.29, 0.717) is 5.56 Å². The van der Waals surface area contributed by atoms with Crippen molar-refractivity contribution in [3.8, 4) is 0 Å². The molecule has 17 heavy (non-hydrogen) atoms. The minimum absolute atomic E-state index is 0.0644. The molecule has 1 aromatic heterocycles. The van der Waals surface area contributed by atoms with Crippen LogP contribution in [0.25, 0.3) is 10.9 Å². The van der Waals surface area contributed by atoms with E-state index in [9.17, 15) is 8.78 Å². The average Bonchev–Trinajstić information content (AvgIpc) is 2.29. The third kappa shape index (κ3) is 2.26. The number of aromatic nitrogens is 1. The predicted octanol–water partition coefficient (Wildman–Crippen LogP) is 2.85. The molecule has 0 aliphatic heterocycles. The number of pyridine rings is 1. The molecule has 90 valence electrons. The van der Waals surface area contributed by atoms with E-state index < -0.39 is 12.3 Å². The van der Waals surface area contributed by atoms with Crippen molar-refractivity contribution in [1.82, 2.24) is 4.98 Å². The zero-order valence-electron chi connectivity index (χ0n) is 9.53. The molecule has 0 fully saturated rings. The van der Waals surface area contributed by atoms with Crippen LogP contribution in [-0.2, 0) is 0 Å². The van der Waals surface area contributed by atoms with Crippen LogP contribution in [0.15, 0.2) is 30.3 Å². The molecule has 0 spiro atoms. The van der Waals surface area contributed by atoms with E-state index in [4.69, 9.17) is 5.73 Å². The Kier molecular flexibility index (Phi) is 3.33. The van der Waals surface area contributed by atoms with Crippen LogP contribution >= 0.6 is 0 Å². The third-order valence-electron chi connectivity index (χ3n) is 2.83. The summed E-state index contributed by atoms with van der Waals surface area (Å²) in [6.07, 6.45) is -2.45. The minimum atomic E-state index is -2.45. The van der Waals surface area contributed by atoms with Crippen LogP contribution < -0.4 is 5.73 Å². The normalized spacial score (nSPS) is 13.2. The predicted molar refractivity (Wildman–Crippen MR) is 64.3 cm³/mol. The minimum Gasteiger partial charge on any atom is -0.330 e. The number of hydrogen-bond acceptors (Lipinski definition) is 2. The van der Waals surface area contributed by atoms with Crippen LogP contribution in [0.2, 0.25) is 0 Å². The first-order chi connectivity index (χ1) is 8.13. The summed E-state index contributed by atoms with van der Waals surface area (Å²) in [6.45, 7) is 1.74. The van der Waals surface area contributed by atoms with Gasteiger partial charge in [-0.25, -0.2) is 8.78 Å². The molecule has 0 radical (unpaired) electrons. The van der Waals surface area contributed by atoms with Crippen LogP contribution in [-0.4, -0.2) is 18.0 Å². The van der Waals surface area contributed by atoms with E-state index in [1.807, 2.05) is 24.3 Å². The van der Waals surface area contributed by atoms with Gasteiger partial charge in [-0.1, -0.05) is 18.2 Å². The number of nitrogens with zero attached hydrogens (tertiary/aromatic N) is 1. The lowest BCUT2D eigenvalue weighted by Gasteiger charge is -2.17. The summed E-state index contributed by atoms with van der Waals surface area (Å²) >= 11 is 0. The molecule has 0 aliphatic rings. The van der Waals surface area contributed by atoms with Gasteiger partial charge in [0.05, 0.1) is 11.4 Å². The number of nitrogens with two attached hydrogens (primary N) is 1. The number of halogens is 2. The molecule has 1 unspecified atom stereocenters. The van der Waals surface area contributed by atoms with Gasteiger partial charge in [-0.05, 0) is 24.6 Å². The fourth-order valence-corrected chi connectivity index (χ4v) is 2.01. The molecule has 2 nitrogen and oxygen atoms in total. The van der Waals surface area contributed by atoms with Crippen molar-refractivity contribution >= 4 is 10.9 Å². The first kappa shape index (κ1) is 11.9. The van der Waals surface area contributed by atoms with Gasteiger partial charge in [-0.3, -0.25) is 4.98 Å². The highest BCUT2D eigenvalue weighted by Crippen LogP contribution is 2.29. The zero-order chi connectivity index (χ0) is 12.4. The van der Waals surface area contributed by atoms with Crippen molar-refractivity contribution in [2.45, 2.75) is 19.3 Å². The Morgan fingerprint density at radius 3 is 2.65 bits per heavy atom. The van der Waals surface area contributed by atoms with Crippen molar-refractivity contribution < 1.29 is 8.78 Å². The Morgan fingerprint density at radius 2 is 2.00 bits per heavy atom. The maximum Gasteiger partial charge on any atom is 0.246 e. The standard InChI is InChI=1S/C13H14F2N2/c1-8-6-10(11(7-16)13(14)15)9-4-2-3-5-12(9)17-8/h2-6,11,13H,7,16H2,1H3. The van der Waals surface area contributed by atoms with E-state index in [1.54, 1.807) is 13.0 Å². The second-order valence-electron chi connectivity index (χ2n) is 4.05. The molecule has 1 heterocycles. The summed E-state index contributed by atoms with van der Waals surface area (Å²) in [6, 6.07) is 9.00. The van der Waals surface area contributed by atoms with Gasteiger partial charge < -0.3 is 5.73 Å². The van der Waals surface area contributed by atoms with Gasteiger partial charge in [0.25, 0.3) is 0 Å². The Labute approximate surface area is 98.5 Å². The van der Waals surface area contributed by atoms with Crippen molar-refractivity contribution in [2.75, 3.05) is 6.54 Å². The highest BCUT2D eigenvalue weighted by atomic mass is 19.3. The summed E-state index contributed by atoms with van der Waals surface area (Å²) in [5.74, 6) is -0.929. The van der Waals surface area contributed by atoms with Gasteiger partial charge in [0.2, 0.25) is 6.43 Å². The maximum atomic E-state index is 12.9. The number of benzene rings is 1. The van der Waals surface area contributed by atoms with Crippen LogP contribution in [0, 0.1) is 6.92 Å². The average molecular weight is 236 g/mol. The van der Waals surface area contributed by atoms with Gasteiger partial charge in [0.15, 0.2) is 0 Å². The molecular formula is C13H14F2N2. The first-order valence-electron chi connectivity index (χ1n) is 5.48. The highest BCUT2D eigenvalue weighted by Gasteiger charge is 2.23. The van der Waals surface area contributed by atoms with E-state index in [0.717, 1.165) is 16.6 Å². The first-order valence-corrected chi connectivity index (χ1v) is 5.48. The highest BCUT2D eigenvalue weighted by molar-refractivity contribution is 5.83. The van der Waals surface area contributed by atoms with E-state index in [-0.39, 0.29) is 6.54 Å². The number of rotatable bonds is 3. The summed E-state index contributed by atoms with van der Waals surface area (Å²) < 4.78 is 25.9.